The lowest BCUT2D eigenvalue weighted by molar-refractivity contribution is -0.0519. The second kappa shape index (κ2) is 5.74. The smallest absolute Gasteiger partial charge is 0.0777 e. The lowest BCUT2D eigenvalue weighted by atomic mass is 9.88. The van der Waals surface area contributed by atoms with Gasteiger partial charge in [0.2, 0.25) is 0 Å². The zero-order valence-electron chi connectivity index (χ0n) is 12.7. The van der Waals surface area contributed by atoms with E-state index < -0.39 is 0 Å². The molecule has 0 radical (unpaired) electrons. The number of hydrogen-bond acceptors (Lipinski definition) is 3. The summed E-state index contributed by atoms with van der Waals surface area (Å²) < 4.78 is 5.71. The first-order chi connectivity index (χ1) is 9.70. The van der Waals surface area contributed by atoms with Gasteiger partial charge in [-0.15, -0.1) is 0 Å². The maximum atomic E-state index is 5.71. The van der Waals surface area contributed by atoms with Gasteiger partial charge in [-0.3, -0.25) is 4.90 Å². The molecular weight excluding hydrogens is 248 g/mol. The Morgan fingerprint density at radius 1 is 1.40 bits per heavy atom. The highest BCUT2D eigenvalue weighted by molar-refractivity contribution is 5.54. The van der Waals surface area contributed by atoms with Crippen LogP contribution in [-0.2, 0) is 4.74 Å². The molecule has 0 spiro atoms. The third-order valence-corrected chi connectivity index (χ3v) is 4.92. The highest BCUT2D eigenvalue weighted by Crippen LogP contribution is 2.33. The fraction of sp³-hybridized carbons (Fsp3) is 0.647. The maximum absolute atomic E-state index is 5.71. The van der Waals surface area contributed by atoms with Gasteiger partial charge in [-0.25, -0.2) is 0 Å². The van der Waals surface area contributed by atoms with Crippen LogP contribution in [0.2, 0.25) is 0 Å². The van der Waals surface area contributed by atoms with Crippen molar-refractivity contribution in [2.45, 2.75) is 37.7 Å². The highest BCUT2D eigenvalue weighted by atomic mass is 16.5. The minimum Gasteiger partial charge on any atom is -0.385 e. The van der Waals surface area contributed by atoms with Gasteiger partial charge in [-0.2, -0.15) is 0 Å². The van der Waals surface area contributed by atoms with Crippen LogP contribution in [0.5, 0.6) is 0 Å². The van der Waals surface area contributed by atoms with Crippen molar-refractivity contribution < 1.29 is 4.74 Å². The van der Waals surface area contributed by atoms with Crippen molar-refractivity contribution in [3.05, 3.63) is 29.8 Å². The summed E-state index contributed by atoms with van der Waals surface area (Å²) in [7, 11) is 1.85. The number of nitrogens with one attached hydrogen (secondary N) is 1. The van der Waals surface area contributed by atoms with Gasteiger partial charge in [0.05, 0.1) is 5.60 Å². The standard InChI is InChI=1S/C17H26N2O/c1-17(20-2)9-5-11-19(13-17)12-14-8-10-18-16-7-4-3-6-15(14)16/h3-4,6-7,14,18H,5,8-13H2,1-2H3. The van der Waals surface area contributed by atoms with Crippen molar-refractivity contribution >= 4 is 5.69 Å². The number of ether oxygens (including phenoxy) is 1. The molecule has 2 aliphatic heterocycles. The molecule has 20 heavy (non-hydrogen) atoms. The van der Waals surface area contributed by atoms with Crippen LogP contribution < -0.4 is 5.32 Å². The number of rotatable bonds is 3. The van der Waals surface area contributed by atoms with Gasteiger partial charge in [0.1, 0.15) is 0 Å². The molecule has 1 fully saturated rings. The van der Waals surface area contributed by atoms with Crippen LogP contribution in [0.15, 0.2) is 24.3 Å². The molecular formula is C17H26N2O. The largest absolute Gasteiger partial charge is 0.385 e. The molecule has 2 aliphatic rings. The first-order valence-corrected chi connectivity index (χ1v) is 7.80. The summed E-state index contributed by atoms with van der Waals surface area (Å²) in [6.45, 7) is 6.78. The quantitative estimate of drug-likeness (QED) is 0.916. The average Bonchev–Trinajstić information content (AvgIpc) is 2.48. The Balaban J connectivity index is 1.70. The zero-order valence-corrected chi connectivity index (χ0v) is 12.7. The van der Waals surface area contributed by atoms with E-state index in [2.05, 4.69) is 41.4 Å². The number of benzene rings is 1. The van der Waals surface area contributed by atoms with Gasteiger partial charge < -0.3 is 10.1 Å². The first kappa shape index (κ1) is 13.9. The fourth-order valence-corrected chi connectivity index (χ4v) is 3.68. The SMILES string of the molecule is COC1(C)CCCN(CC2CCNc3ccccc32)C1. The predicted octanol–water partition coefficient (Wildman–Crippen LogP) is 3.09. The molecule has 0 amide bonds. The number of piperidine rings is 1. The third kappa shape index (κ3) is 2.84. The van der Waals surface area contributed by atoms with Crippen molar-refractivity contribution in [1.82, 2.24) is 4.90 Å². The number of methoxy groups -OCH3 is 1. The van der Waals surface area contributed by atoms with E-state index in [1.807, 2.05) is 7.11 Å². The summed E-state index contributed by atoms with van der Waals surface area (Å²) in [5, 5.41) is 3.51. The predicted molar refractivity (Wildman–Crippen MR) is 83.4 cm³/mol. The molecule has 1 saturated heterocycles. The second-order valence-electron chi connectivity index (χ2n) is 6.49. The molecule has 1 aromatic carbocycles. The van der Waals surface area contributed by atoms with Crippen molar-refractivity contribution in [3.63, 3.8) is 0 Å². The highest BCUT2D eigenvalue weighted by Gasteiger charge is 2.32. The van der Waals surface area contributed by atoms with Gasteiger partial charge in [0.25, 0.3) is 0 Å². The number of hydrogen-bond donors (Lipinski definition) is 1. The van der Waals surface area contributed by atoms with E-state index in [4.69, 9.17) is 4.74 Å². The monoisotopic (exact) mass is 274 g/mol. The molecule has 0 saturated carbocycles. The van der Waals surface area contributed by atoms with Gasteiger partial charge in [-0.05, 0) is 44.4 Å². The van der Waals surface area contributed by atoms with Crippen LogP contribution in [0.25, 0.3) is 0 Å². The Hall–Kier alpha value is -1.06. The summed E-state index contributed by atoms with van der Waals surface area (Å²) in [6.07, 6.45) is 3.66. The maximum Gasteiger partial charge on any atom is 0.0777 e. The van der Waals surface area contributed by atoms with Gasteiger partial charge in [0.15, 0.2) is 0 Å². The first-order valence-electron chi connectivity index (χ1n) is 7.80. The minimum atomic E-state index is 0.0463. The van der Waals surface area contributed by atoms with Crippen LogP contribution >= 0.6 is 0 Å². The third-order valence-electron chi connectivity index (χ3n) is 4.92. The summed E-state index contributed by atoms with van der Waals surface area (Å²) in [5.74, 6) is 0.659. The van der Waals surface area contributed by atoms with E-state index in [9.17, 15) is 0 Å². The van der Waals surface area contributed by atoms with E-state index in [0.717, 1.165) is 19.6 Å². The van der Waals surface area contributed by atoms with Crippen LogP contribution in [0.4, 0.5) is 5.69 Å². The van der Waals surface area contributed by atoms with Crippen molar-refractivity contribution in [3.8, 4) is 0 Å². The lowest BCUT2D eigenvalue weighted by Crippen LogP contribution is -2.48. The fourth-order valence-electron chi connectivity index (χ4n) is 3.68. The molecule has 3 heteroatoms. The summed E-state index contributed by atoms with van der Waals surface area (Å²) >= 11 is 0. The molecule has 0 aliphatic carbocycles. The Kier molecular flexibility index (Phi) is 3.99. The Labute approximate surface area is 122 Å². The van der Waals surface area contributed by atoms with Crippen molar-refractivity contribution in [2.75, 3.05) is 38.6 Å². The van der Waals surface area contributed by atoms with Crippen molar-refractivity contribution in [2.24, 2.45) is 0 Å². The lowest BCUT2D eigenvalue weighted by Gasteiger charge is -2.41. The Bertz CT molecular complexity index is 462. The average molecular weight is 274 g/mol. The molecule has 110 valence electrons. The van der Waals surface area contributed by atoms with Crippen LogP contribution in [0, 0.1) is 0 Å². The van der Waals surface area contributed by atoms with Crippen LogP contribution in [0.1, 0.15) is 37.7 Å². The van der Waals surface area contributed by atoms with E-state index in [1.165, 1.54) is 37.1 Å². The zero-order chi connectivity index (χ0) is 14.0. The van der Waals surface area contributed by atoms with E-state index >= 15 is 0 Å². The topological polar surface area (TPSA) is 24.5 Å². The molecule has 3 nitrogen and oxygen atoms in total. The molecule has 1 aromatic rings. The van der Waals surface area contributed by atoms with E-state index in [-0.39, 0.29) is 5.60 Å². The second-order valence-corrected chi connectivity index (χ2v) is 6.49. The van der Waals surface area contributed by atoms with E-state index in [1.54, 1.807) is 0 Å². The summed E-state index contributed by atoms with van der Waals surface area (Å²) in [6, 6.07) is 8.77. The number of para-hydroxylation sites is 1. The van der Waals surface area contributed by atoms with Gasteiger partial charge in [-0.1, -0.05) is 18.2 Å². The van der Waals surface area contributed by atoms with E-state index in [0.29, 0.717) is 5.92 Å². The Morgan fingerprint density at radius 3 is 3.10 bits per heavy atom. The van der Waals surface area contributed by atoms with Gasteiger partial charge >= 0.3 is 0 Å². The number of nitrogens with zero attached hydrogens (tertiary/aromatic N) is 1. The Morgan fingerprint density at radius 2 is 2.25 bits per heavy atom. The van der Waals surface area contributed by atoms with Crippen LogP contribution in [-0.4, -0.2) is 43.8 Å². The molecule has 1 N–H and O–H groups in total. The normalized spacial score (nSPS) is 30.6. The molecule has 2 atom stereocenters. The molecule has 0 aromatic heterocycles. The molecule has 0 bridgehead atoms. The summed E-state index contributed by atoms with van der Waals surface area (Å²) in [5.41, 5.74) is 2.86. The molecule has 2 unspecified atom stereocenters. The number of likely N-dealkylation sites (tertiary alicyclic amines) is 1. The summed E-state index contributed by atoms with van der Waals surface area (Å²) in [4.78, 5) is 2.60. The molecule has 3 rings (SSSR count). The molecule has 2 heterocycles. The minimum absolute atomic E-state index is 0.0463. The number of fused-ring (bicyclic) bond motifs is 1. The number of anilines is 1. The van der Waals surface area contributed by atoms with Gasteiger partial charge in [0, 0.05) is 38.3 Å². The van der Waals surface area contributed by atoms with Crippen LogP contribution in [0.3, 0.4) is 0 Å². The van der Waals surface area contributed by atoms with Crippen molar-refractivity contribution in [1.29, 1.82) is 0 Å².